The van der Waals surface area contributed by atoms with Crippen LogP contribution in [0.15, 0.2) is 18.2 Å². The van der Waals surface area contributed by atoms with Crippen molar-refractivity contribution in [2.45, 2.75) is 25.4 Å². The first-order valence-electron chi connectivity index (χ1n) is 6.00. The molecule has 7 heteroatoms. The Hall–Kier alpha value is -0.920. The van der Waals surface area contributed by atoms with Gasteiger partial charge in [-0.05, 0) is 30.0 Å². The minimum atomic E-state index is -4.43. The molecule has 0 aromatic heterocycles. The van der Waals surface area contributed by atoms with Crippen molar-refractivity contribution in [3.63, 3.8) is 0 Å². The fourth-order valence-electron chi connectivity index (χ4n) is 1.30. The summed E-state index contributed by atoms with van der Waals surface area (Å²) in [5.74, 6) is 0.0891. The van der Waals surface area contributed by atoms with Crippen molar-refractivity contribution >= 4 is 11.8 Å². The monoisotopic (exact) mass is 311 g/mol. The first-order valence-corrected chi connectivity index (χ1v) is 7.29. The molecule has 0 saturated carbocycles. The third-order valence-electron chi connectivity index (χ3n) is 2.18. The molecule has 3 nitrogen and oxygen atoms in total. The number of ether oxygens (including phenoxy) is 2. The molecule has 1 rings (SSSR count). The Morgan fingerprint density at radius 3 is 2.30 bits per heavy atom. The quantitative estimate of drug-likeness (QED) is 0.834. The number of hydrogen-bond donors (Lipinski definition) is 1. The van der Waals surface area contributed by atoms with E-state index in [0.29, 0.717) is 5.56 Å². The van der Waals surface area contributed by atoms with Gasteiger partial charge >= 0.3 is 6.18 Å². The standard InChI is InChI=1S/C11H14F3NO2S.C2H6/c1-16-6-17-9-4-7(10(15)18-2)3-8(5-9)11(12,13)14;1-2/h3-5,10H,6,15H2,1-2H3;1-2H3. The zero-order valence-electron chi connectivity index (χ0n) is 12.0. The van der Waals surface area contributed by atoms with E-state index in [9.17, 15) is 13.2 Å². The molecule has 0 aliphatic heterocycles. The van der Waals surface area contributed by atoms with E-state index in [1.807, 2.05) is 13.8 Å². The zero-order chi connectivity index (χ0) is 15.8. The molecule has 1 aromatic carbocycles. The van der Waals surface area contributed by atoms with Crippen molar-refractivity contribution in [2.24, 2.45) is 5.73 Å². The molecule has 0 bridgehead atoms. The van der Waals surface area contributed by atoms with Crippen LogP contribution in [-0.2, 0) is 10.9 Å². The van der Waals surface area contributed by atoms with E-state index in [-0.39, 0.29) is 12.5 Å². The smallest absolute Gasteiger partial charge is 0.416 e. The Labute approximate surface area is 121 Å². The molecule has 0 saturated heterocycles. The molecule has 2 N–H and O–H groups in total. The maximum Gasteiger partial charge on any atom is 0.416 e. The van der Waals surface area contributed by atoms with Gasteiger partial charge in [0.2, 0.25) is 0 Å². The van der Waals surface area contributed by atoms with Crippen LogP contribution < -0.4 is 10.5 Å². The van der Waals surface area contributed by atoms with Gasteiger partial charge in [0.15, 0.2) is 6.79 Å². The van der Waals surface area contributed by atoms with E-state index in [4.69, 9.17) is 10.5 Å². The maximum atomic E-state index is 12.7. The van der Waals surface area contributed by atoms with Crippen molar-refractivity contribution in [1.29, 1.82) is 0 Å². The minimum absolute atomic E-state index is 0.0891. The summed E-state index contributed by atoms with van der Waals surface area (Å²) in [4.78, 5) is 0. The minimum Gasteiger partial charge on any atom is -0.468 e. The molecule has 1 unspecified atom stereocenters. The summed E-state index contributed by atoms with van der Waals surface area (Å²) in [6.07, 6.45) is -2.71. The van der Waals surface area contributed by atoms with Crippen molar-refractivity contribution in [3.05, 3.63) is 29.3 Å². The Morgan fingerprint density at radius 2 is 1.85 bits per heavy atom. The van der Waals surface area contributed by atoms with Gasteiger partial charge in [0.05, 0.1) is 10.9 Å². The number of alkyl halides is 3. The average Bonchev–Trinajstić information content (AvgIpc) is 2.45. The molecule has 0 aliphatic carbocycles. The Bertz CT molecular complexity index is 400. The van der Waals surface area contributed by atoms with E-state index in [2.05, 4.69) is 4.74 Å². The van der Waals surface area contributed by atoms with Crippen LogP contribution in [-0.4, -0.2) is 20.2 Å². The first-order chi connectivity index (χ1) is 9.38. The topological polar surface area (TPSA) is 44.5 Å². The van der Waals surface area contributed by atoms with Gasteiger partial charge in [-0.15, -0.1) is 11.8 Å². The fraction of sp³-hybridized carbons (Fsp3) is 0.538. The van der Waals surface area contributed by atoms with Gasteiger partial charge in [-0.2, -0.15) is 13.2 Å². The molecule has 20 heavy (non-hydrogen) atoms. The predicted octanol–water partition coefficient (Wildman–Crippen LogP) is 4.03. The van der Waals surface area contributed by atoms with E-state index < -0.39 is 17.1 Å². The molecule has 116 valence electrons. The Balaban J connectivity index is 0.00000172. The van der Waals surface area contributed by atoms with Crippen LogP contribution in [0, 0.1) is 0 Å². The number of halogens is 3. The van der Waals surface area contributed by atoms with Crippen LogP contribution in [0.3, 0.4) is 0 Å². The summed E-state index contributed by atoms with van der Waals surface area (Å²) in [5.41, 5.74) is 5.30. The molecule has 1 atom stereocenters. The van der Waals surface area contributed by atoms with Crippen LogP contribution in [0.2, 0.25) is 0 Å². The summed E-state index contributed by atoms with van der Waals surface area (Å²) < 4.78 is 47.8. The second kappa shape index (κ2) is 9.10. The fourth-order valence-corrected chi connectivity index (χ4v) is 1.70. The van der Waals surface area contributed by atoms with Crippen molar-refractivity contribution in [2.75, 3.05) is 20.2 Å². The Morgan fingerprint density at radius 1 is 1.25 bits per heavy atom. The van der Waals surface area contributed by atoms with Gasteiger partial charge in [-0.25, -0.2) is 0 Å². The molecular weight excluding hydrogens is 291 g/mol. The molecular formula is C13H20F3NO2S. The van der Waals surface area contributed by atoms with Crippen molar-refractivity contribution < 1.29 is 22.6 Å². The lowest BCUT2D eigenvalue weighted by molar-refractivity contribution is -0.137. The SMILES string of the molecule is CC.COCOc1cc(C(N)SC)cc(C(F)(F)F)c1. The zero-order valence-corrected chi connectivity index (χ0v) is 12.8. The van der Waals surface area contributed by atoms with Crippen LogP contribution in [0.5, 0.6) is 5.75 Å². The molecule has 0 heterocycles. The van der Waals surface area contributed by atoms with Crippen LogP contribution in [0.4, 0.5) is 13.2 Å². The normalized spacial score (nSPS) is 12.4. The summed E-state index contributed by atoms with van der Waals surface area (Å²) in [7, 11) is 1.39. The van der Waals surface area contributed by atoms with Gasteiger partial charge in [0, 0.05) is 7.11 Å². The third kappa shape index (κ3) is 6.02. The highest BCUT2D eigenvalue weighted by atomic mass is 32.2. The summed E-state index contributed by atoms with van der Waals surface area (Å²) in [6, 6.07) is 3.44. The number of methoxy groups -OCH3 is 1. The second-order valence-corrected chi connectivity index (χ2v) is 4.47. The van der Waals surface area contributed by atoms with Gasteiger partial charge in [0.1, 0.15) is 5.75 Å². The molecule has 0 radical (unpaired) electrons. The van der Waals surface area contributed by atoms with E-state index in [0.717, 1.165) is 12.1 Å². The van der Waals surface area contributed by atoms with E-state index >= 15 is 0 Å². The van der Waals surface area contributed by atoms with Gasteiger partial charge in [-0.1, -0.05) is 13.8 Å². The summed E-state index contributed by atoms with van der Waals surface area (Å²) in [6.45, 7) is 3.88. The number of nitrogens with two attached hydrogens (primary N) is 1. The lowest BCUT2D eigenvalue weighted by Gasteiger charge is -2.15. The van der Waals surface area contributed by atoms with Crippen molar-refractivity contribution in [3.8, 4) is 5.75 Å². The van der Waals surface area contributed by atoms with Crippen LogP contribution in [0.1, 0.15) is 30.3 Å². The predicted molar refractivity (Wildman–Crippen MR) is 75.7 cm³/mol. The third-order valence-corrected chi connectivity index (χ3v) is 2.96. The highest BCUT2D eigenvalue weighted by Gasteiger charge is 2.31. The highest BCUT2D eigenvalue weighted by Crippen LogP contribution is 2.35. The molecule has 1 aromatic rings. The molecule has 0 amide bonds. The number of hydrogen-bond acceptors (Lipinski definition) is 4. The van der Waals surface area contributed by atoms with Gasteiger partial charge in [-0.3, -0.25) is 0 Å². The summed E-state index contributed by atoms with van der Waals surface area (Å²) >= 11 is 1.25. The largest absolute Gasteiger partial charge is 0.468 e. The van der Waals surface area contributed by atoms with E-state index in [1.54, 1.807) is 6.26 Å². The van der Waals surface area contributed by atoms with Gasteiger partial charge < -0.3 is 15.2 Å². The first kappa shape index (κ1) is 19.1. The second-order valence-electron chi connectivity index (χ2n) is 3.50. The van der Waals surface area contributed by atoms with Crippen molar-refractivity contribution in [1.82, 2.24) is 0 Å². The molecule has 0 spiro atoms. The number of rotatable bonds is 5. The average molecular weight is 311 g/mol. The maximum absolute atomic E-state index is 12.7. The molecule has 0 aliphatic rings. The highest BCUT2D eigenvalue weighted by molar-refractivity contribution is 7.98. The number of benzene rings is 1. The lowest BCUT2D eigenvalue weighted by Crippen LogP contribution is -2.11. The van der Waals surface area contributed by atoms with Crippen LogP contribution >= 0.6 is 11.8 Å². The van der Waals surface area contributed by atoms with Crippen LogP contribution in [0.25, 0.3) is 0 Å². The summed E-state index contributed by atoms with van der Waals surface area (Å²) in [5, 5.41) is -0.530. The van der Waals surface area contributed by atoms with E-state index in [1.165, 1.54) is 24.9 Å². The lowest BCUT2D eigenvalue weighted by atomic mass is 10.1. The number of thioether (sulfide) groups is 1. The molecule has 0 fully saturated rings. The Kier molecular flexibility index (Phi) is 8.68. The van der Waals surface area contributed by atoms with Gasteiger partial charge in [0.25, 0.3) is 0 Å².